The number of nitrogens with one attached hydrogen (secondary N) is 1. The molecular formula is C14H10ClFN4O. The number of carbonyl (C=O) groups excluding carboxylic acids is 1. The summed E-state index contributed by atoms with van der Waals surface area (Å²) in [5.74, 6) is -0.956. The lowest BCUT2D eigenvalue weighted by atomic mass is 10.3. The van der Waals surface area contributed by atoms with E-state index < -0.39 is 11.7 Å². The quantitative estimate of drug-likeness (QED) is 0.809. The summed E-state index contributed by atoms with van der Waals surface area (Å²) in [5.41, 5.74) is 1.47. The topological polar surface area (TPSA) is 59.8 Å². The lowest BCUT2D eigenvalue weighted by Gasteiger charge is -2.07. The number of para-hydroxylation sites is 1. The molecule has 0 radical (unpaired) electrons. The summed E-state index contributed by atoms with van der Waals surface area (Å²) in [4.78, 5) is 12.0. The van der Waals surface area contributed by atoms with Crippen molar-refractivity contribution in [3.8, 4) is 0 Å². The zero-order chi connectivity index (χ0) is 14.8. The van der Waals surface area contributed by atoms with Crippen molar-refractivity contribution in [2.45, 2.75) is 6.54 Å². The molecule has 1 amide bonds. The highest BCUT2D eigenvalue weighted by Gasteiger charge is 2.11. The number of hydrogen-bond acceptors (Lipinski definition) is 3. The molecule has 0 aliphatic carbocycles. The first kappa shape index (κ1) is 13.5. The van der Waals surface area contributed by atoms with Gasteiger partial charge < -0.3 is 5.32 Å². The van der Waals surface area contributed by atoms with Gasteiger partial charge in [-0.3, -0.25) is 4.79 Å². The zero-order valence-corrected chi connectivity index (χ0v) is 11.5. The molecule has 0 aliphatic rings. The molecule has 0 spiro atoms. The van der Waals surface area contributed by atoms with Crippen molar-refractivity contribution in [2.24, 2.45) is 0 Å². The van der Waals surface area contributed by atoms with Crippen LogP contribution in [0.25, 0.3) is 11.0 Å². The number of anilines is 1. The van der Waals surface area contributed by atoms with Gasteiger partial charge >= 0.3 is 0 Å². The third-order valence-electron chi connectivity index (χ3n) is 2.92. The molecule has 21 heavy (non-hydrogen) atoms. The Kier molecular flexibility index (Phi) is 3.53. The van der Waals surface area contributed by atoms with Crippen LogP contribution in [-0.4, -0.2) is 20.9 Å². The molecule has 0 fully saturated rings. The molecule has 0 unspecified atom stereocenters. The third kappa shape index (κ3) is 2.85. The molecule has 1 aromatic heterocycles. The van der Waals surface area contributed by atoms with E-state index >= 15 is 0 Å². The summed E-state index contributed by atoms with van der Waals surface area (Å²) in [7, 11) is 0. The Labute approximate surface area is 124 Å². The fourth-order valence-electron chi connectivity index (χ4n) is 1.95. The molecule has 0 bridgehead atoms. The van der Waals surface area contributed by atoms with Gasteiger partial charge in [-0.1, -0.05) is 28.9 Å². The molecule has 1 heterocycles. The minimum atomic E-state index is -0.545. The molecule has 0 atom stereocenters. The zero-order valence-electron chi connectivity index (χ0n) is 10.8. The van der Waals surface area contributed by atoms with Crippen LogP contribution in [0.2, 0.25) is 5.02 Å². The molecule has 106 valence electrons. The predicted octanol–water partition coefficient (Wildman–Crippen LogP) is 2.86. The number of nitrogens with zero attached hydrogens (tertiary/aromatic N) is 3. The van der Waals surface area contributed by atoms with Crippen LogP contribution in [0, 0.1) is 5.82 Å². The summed E-state index contributed by atoms with van der Waals surface area (Å²) < 4.78 is 15.0. The van der Waals surface area contributed by atoms with Crippen LogP contribution in [0.3, 0.4) is 0 Å². The molecule has 1 N–H and O–H groups in total. The Balaban J connectivity index is 1.79. The van der Waals surface area contributed by atoms with Crippen molar-refractivity contribution in [1.82, 2.24) is 15.0 Å². The van der Waals surface area contributed by atoms with Crippen LogP contribution in [0.1, 0.15) is 0 Å². The van der Waals surface area contributed by atoms with E-state index in [9.17, 15) is 9.18 Å². The van der Waals surface area contributed by atoms with Gasteiger partial charge in [-0.15, -0.1) is 5.10 Å². The molecule has 0 aliphatic heterocycles. The largest absolute Gasteiger partial charge is 0.322 e. The summed E-state index contributed by atoms with van der Waals surface area (Å²) >= 11 is 5.78. The number of benzene rings is 2. The number of amides is 1. The van der Waals surface area contributed by atoms with E-state index in [1.165, 1.54) is 22.9 Å². The van der Waals surface area contributed by atoms with Crippen LogP contribution in [-0.2, 0) is 11.3 Å². The van der Waals surface area contributed by atoms with Crippen LogP contribution in [0.4, 0.5) is 10.1 Å². The average Bonchev–Trinajstić information content (AvgIpc) is 2.86. The monoisotopic (exact) mass is 304 g/mol. The Morgan fingerprint density at radius 1 is 1.29 bits per heavy atom. The Morgan fingerprint density at radius 2 is 2.10 bits per heavy atom. The van der Waals surface area contributed by atoms with Gasteiger partial charge in [0.05, 0.1) is 11.2 Å². The average molecular weight is 305 g/mol. The van der Waals surface area contributed by atoms with Gasteiger partial charge in [0.25, 0.3) is 0 Å². The van der Waals surface area contributed by atoms with Gasteiger partial charge in [0.15, 0.2) is 0 Å². The number of carbonyl (C=O) groups is 1. The lowest BCUT2D eigenvalue weighted by molar-refractivity contribution is -0.116. The third-order valence-corrected chi connectivity index (χ3v) is 3.15. The minimum absolute atomic E-state index is 0.0388. The van der Waals surface area contributed by atoms with Crippen LogP contribution < -0.4 is 5.32 Å². The number of aromatic nitrogens is 3. The molecule has 0 saturated carbocycles. The molecule has 5 nitrogen and oxygen atoms in total. The van der Waals surface area contributed by atoms with E-state index in [0.717, 1.165) is 5.52 Å². The molecule has 3 aromatic rings. The number of rotatable bonds is 3. The second-order valence-corrected chi connectivity index (χ2v) is 4.84. The van der Waals surface area contributed by atoms with Crippen molar-refractivity contribution >= 4 is 34.2 Å². The first-order valence-electron chi connectivity index (χ1n) is 6.16. The van der Waals surface area contributed by atoms with Crippen LogP contribution in [0.5, 0.6) is 0 Å². The highest BCUT2D eigenvalue weighted by molar-refractivity contribution is 6.30. The Bertz CT molecular complexity index is 818. The van der Waals surface area contributed by atoms with E-state index in [1.54, 1.807) is 6.07 Å². The van der Waals surface area contributed by atoms with Gasteiger partial charge in [-0.05, 0) is 30.3 Å². The normalized spacial score (nSPS) is 10.8. The maximum atomic E-state index is 13.6. The number of halogens is 2. The second kappa shape index (κ2) is 5.49. The summed E-state index contributed by atoms with van der Waals surface area (Å²) in [6.45, 7) is -0.0630. The lowest BCUT2D eigenvalue weighted by Crippen LogP contribution is -2.20. The van der Waals surface area contributed by atoms with Gasteiger partial charge in [0.1, 0.15) is 17.9 Å². The molecule has 2 aromatic carbocycles. The van der Waals surface area contributed by atoms with E-state index in [2.05, 4.69) is 15.6 Å². The van der Waals surface area contributed by atoms with Gasteiger partial charge in [0.2, 0.25) is 5.91 Å². The Morgan fingerprint density at radius 3 is 2.95 bits per heavy atom. The van der Waals surface area contributed by atoms with Gasteiger partial charge in [0, 0.05) is 5.02 Å². The van der Waals surface area contributed by atoms with Crippen molar-refractivity contribution in [2.75, 3.05) is 5.32 Å². The van der Waals surface area contributed by atoms with E-state index in [-0.39, 0.29) is 12.2 Å². The summed E-state index contributed by atoms with van der Waals surface area (Å²) in [5, 5.41) is 10.7. The van der Waals surface area contributed by atoms with E-state index in [0.29, 0.717) is 10.5 Å². The fourth-order valence-corrected chi connectivity index (χ4v) is 2.13. The first-order valence-corrected chi connectivity index (χ1v) is 6.54. The molecule has 7 heteroatoms. The first-order chi connectivity index (χ1) is 10.1. The highest BCUT2D eigenvalue weighted by Crippen LogP contribution is 2.19. The molecule has 3 rings (SSSR count). The van der Waals surface area contributed by atoms with Crippen molar-refractivity contribution in [3.63, 3.8) is 0 Å². The minimum Gasteiger partial charge on any atom is -0.322 e. The van der Waals surface area contributed by atoms with Gasteiger partial charge in [-0.2, -0.15) is 0 Å². The highest BCUT2D eigenvalue weighted by atomic mass is 35.5. The Hall–Kier alpha value is -2.47. The van der Waals surface area contributed by atoms with Crippen molar-refractivity contribution < 1.29 is 9.18 Å². The van der Waals surface area contributed by atoms with E-state index in [1.807, 2.05) is 18.2 Å². The standard InChI is InChI=1S/C14H10ClFN4O/c15-9-5-6-10(16)12(7-9)17-14(21)8-20-13-4-2-1-3-11(13)18-19-20/h1-7H,8H2,(H,17,21). The van der Waals surface area contributed by atoms with Crippen LogP contribution >= 0.6 is 11.6 Å². The summed E-state index contributed by atoms with van der Waals surface area (Å²) in [6.07, 6.45) is 0. The maximum Gasteiger partial charge on any atom is 0.246 e. The van der Waals surface area contributed by atoms with Crippen molar-refractivity contribution in [1.29, 1.82) is 0 Å². The fraction of sp³-hybridized carbons (Fsp3) is 0.0714. The summed E-state index contributed by atoms with van der Waals surface area (Å²) in [6, 6.07) is 11.2. The maximum absolute atomic E-state index is 13.6. The number of hydrogen-bond donors (Lipinski definition) is 1. The molecule has 0 saturated heterocycles. The predicted molar refractivity (Wildman–Crippen MR) is 77.6 cm³/mol. The smallest absolute Gasteiger partial charge is 0.246 e. The number of fused-ring (bicyclic) bond motifs is 1. The SMILES string of the molecule is O=C(Cn1nnc2ccccc21)Nc1cc(Cl)ccc1F. The van der Waals surface area contributed by atoms with Crippen molar-refractivity contribution in [3.05, 3.63) is 53.3 Å². The van der Waals surface area contributed by atoms with Gasteiger partial charge in [-0.25, -0.2) is 9.07 Å². The second-order valence-electron chi connectivity index (χ2n) is 4.41. The van der Waals surface area contributed by atoms with Crippen LogP contribution in [0.15, 0.2) is 42.5 Å². The molecular weight excluding hydrogens is 295 g/mol. The van der Waals surface area contributed by atoms with E-state index in [4.69, 9.17) is 11.6 Å².